The third-order valence-electron chi connectivity index (χ3n) is 3.80. The second-order valence-corrected chi connectivity index (χ2v) is 6.00. The lowest BCUT2D eigenvalue weighted by atomic mass is 9.89. The molecule has 0 spiro atoms. The smallest absolute Gasteiger partial charge is 0.105 e. The van der Waals surface area contributed by atoms with Crippen molar-refractivity contribution in [2.75, 3.05) is 19.7 Å². The molecular formula is C14H26N2O2. The summed E-state index contributed by atoms with van der Waals surface area (Å²) in [5.41, 5.74) is -0.919. The summed E-state index contributed by atoms with van der Waals surface area (Å²) < 4.78 is 5.38. The molecule has 2 unspecified atom stereocenters. The van der Waals surface area contributed by atoms with E-state index < -0.39 is 5.60 Å². The predicted molar refractivity (Wildman–Crippen MR) is 71.1 cm³/mol. The normalized spacial score (nSPS) is 28.3. The van der Waals surface area contributed by atoms with E-state index in [1.807, 2.05) is 20.8 Å². The fourth-order valence-electron chi connectivity index (χ4n) is 2.18. The first-order valence-electron chi connectivity index (χ1n) is 6.86. The standard InChI is InChI=1S/C14H26N2O2/c1-12-14(17,7-9-18-12)11-16-8-5-4-6-13(2,3)10-15/h12,16-17H,4-9,11H2,1-3H3. The van der Waals surface area contributed by atoms with Crippen LogP contribution < -0.4 is 5.32 Å². The zero-order valence-electron chi connectivity index (χ0n) is 11.8. The van der Waals surface area contributed by atoms with Crippen LogP contribution in [0.5, 0.6) is 0 Å². The van der Waals surface area contributed by atoms with Gasteiger partial charge in [-0.1, -0.05) is 6.42 Å². The maximum atomic E-state index is 10.3. The van der Waals surface area contributed by atoms with E-state index in [2.05, 4.69) is 11.4 Å². The molecule has 1 rings (SSSR count). The zero-order chi connectivity index (χ0) is 13.6. The second-order valence-electron chi connectivity index (χ2n) is 6.00. The van der Waals surface area contributed by atoms with Gasteiger partial charge in [0.15, 0.2) is 0 Å². The molecule has 1 saturated heterocycles. The molecular weight excluding hydrogens is 228 g/mol. The van der Waals surface area contributed by atoms with E-state index in [0.29, 0.717) is 19.6 Å². The van der Waals surface area contributed by atoms with Crippen molar-refractivity contribution in [3.8, 4) is 6.07 Å². The van der Waals surface area contributed by atoms with Crippen LogP contribution in [-0.4, -0.2) is 36.5 Å². The Morgan fingerprint density at radius 1 is 1.50 bits per heavy atom. The van der Waals surface area contributed by atoms with Crippen LogP contribution >= 0.6 is 0 Å². The Hall–Kier alpha value is -0.630. The summed E-state index contributed by atoms with van der Waals surface area (Å²) in [5, 5.41) is 22.4. The highest BCUT2D eigenvalue weighted by Crippen LogP contribution is 2.25. The number of nitrogens with one attached hydrogen (secondary N) is 1. The van der Waals surface area contributed by atoms with Crippen LogP contribution in [-0.2, 0) is 4.74 Å². The van der Waals surface area contributed by atoms with Gasteiger partial charge in [0, 0.05) is 19.6 Å². The van der Waals surface area contributed by atoms with Crippen molar-refractivity contribution in [3.05, 3.63) is 0 Å². The highest BCUT2D eigenvalue weighted by Gasteiger charge is 2.38. The quantitative estimate of drug-likeness (QED) is 0.680. The molecule has 18 heavy (non-hydrogen) atoms. The SMILES string of the molecule is CC1OCCC1(O)CNCCCCC(C)(C)C#N. The van der Waals surface area contributed by atoms with Crippen molar-refractivity contribution < 1.29 is 9.84 Å². The lowest BCUT2D eigenvalue weighted by molar-refractivity contribution is -0.0260. The molecule has 0 aliphatic carbocycles. The van der Waals surface area contributed by atoms with Gasteiger partial charge in [-0.3, -0.25) is 0 Å². The van der Waals surface area contributed by atoms with Crippen LogP contribution in [0.3, 0.4) is 0 Å². The highest BCUT2D eigenvalue weighted by atomic mass is 16.5. The zero-order valence-corrected chi connectivity index (χ0v) is 11.8. The van der Waals surface area contributed by atoms with Crippen molar-refractivity contribution in [2.45, 2.75) is 58.2 Å². The molecule has 2 atom stereocenters. The van der Waals surface area contributed by atoms with Gasteiger partial charge >= 0.3 is 0 Å². The Labute approximate surface area is 110 Å². The summed E-state index contributed by atoms with van der Waals surface area (Å²) in [6.07, 6.45) is 3.63. The summed E-state index contributed by atoms with van der Waals surface area (Å²) in [5.74, 6) is 0. The van der Waals surface area contributed by atoms with Crippen LogP contribution in [0.1, 0.15) is 46.5 Å². The fraction of sp³-hybridized carbons (Fsp3) is 0.929. The van der Waals surface area contributed by atoms with Gasteiger partial charge < -0.3 is 15.2 Å². The monoisotopic (exact) mass is 254 g/mol. The number of unbranched alkanes of at least 4 members (excludes halogenated alkanes) is 1. The number of hydrogen-bond acceptors (Lipinski definition) is 4. The molecule has 1 heterocycles. The first-order valence-corrected chi connectivity index (χ1v) is 6.86. The molecule has 0 radical (unpaired) electrons. The van der Waals surface area contributed by atoms with Crippen molar-refractivity contribution in [1.82, 2.24) is 5.32 Å². The van der Waals surface area contributed by atoms with Gasteiger partial charge in [0.05, 0.1) is 17.6 Å². The summed E-state index contributed by atoms with van der Waals surface area (Å²) in [6, 6.07) is 2.31. The third kappa shape index (κ3) is 4.56. The first kappa shape index (κ1) is 15.4. The summed E-state index contributed by atoms with van der Waals surface area (Å²) in [6.45, 7) is 7.99. The van der Waals surface area contributed by atoms with Crippen molar-refractivity contribution in [3.63, 3.8) is 0 Å². The Morgan fingerprint density at radius 3 is 2.78 bits per heavy atom. The van der Waals surface area contributed by atoms with Crippen molar-refractivity contribution >= 4 is 0 Å². The molecule has 0 aromatic heterocycles. The lowest BCUT2D eigenvalue weighted by Crippen LogP contribution is -2.46. The van der Waals surface area contributed by atoms with Gasteiger partial charge in [0.1, 0.15) is 5.60 Å². The molecule has 0 bridgehead atoms. The molecule has 1 aliphatic heterocycles. The third-order valence-corrected chi connectivity index (χ3v) is 3.80. The van der Waals surface area contributed by atoms with Gasteiger partial charge in [-0.05, 0) is 40.2 Å². The number of ether oxygens (including phenoxy) is 1. The average molecular weight is 254 g/mol. The Morgan fingerprint density at radius 2 is 2.22 bits per heavy atom. The first-order chi connectivity index (χ1) is 8.40. The largest absolute Gasteiger partial charge is 0.386 e. The van der Waals surface area contributed by atoms with E-state index >= 15 is 0 Å². The molecule has 4 heteroatoms. The summed E-state index contributed by atoms with van der Waals surface area (Å²) in [4.78, 5) is 0. The van der Waals surface area contributed by atoms with Crippen molar-refractivity contribution in [2.24, 2.45) is 5.41 Å². The predicted octanol–water partition coefficient (Wildman–Crippen LogP) is 1.84. The number of hydrogen-bond donors (Lipinski definition) is 2. The Bertz CT molecular complexity index is 299. The Balaban J connectivity index is 2.08. The van der Waals surface area contributed by atoms with E-state index in [-0.39, 0.29) is 11.5 Å². The minimum absolute atomic E-state index is 0.0810. The van der Waals surface area contributed by atoms with Gasteiger partial charge in [-0.15, -0.1) is 0 Å². The minimum atomic E-state index is -0.702. The van der Waals surface area contributed by atoms with E-state index in [1.165, 1.54) is 0 Å². The molecule has 4 nitrogen and oxygen atoms in total. The van der Waals surface area contributed by atoms with Crippen molar-refractivity contribution in [1.29, 1.82) is 5.26 Å². The second kappa shape index (κ2) is 6.51. The van der Waals surface area contributed by atoms with Gasteiger partial charge in [-0.25, -0.2) is 0 Å². The van der Waals surface area contributed by atoms with Gasteiger partial charge in [0.25, 0.3) is 0 Å². The minimum Gasteiger partial charge on any atom is -0.386 e. The van der Waals surface area contributed by atoms with Gasteiger partial charge in [-0.2, -0.15) is 5.26 Å². The molecule has 1 aliphatic rings. The molecule has 1 fully saturated rings. The topological polar surface area (TPSA) is 65.3 Å². The summed E-state index contributed by atoms with van der Waals surface area (Å²) >= 11 is 0. The van der Waals surface area contributed by atoms with E-state index in [0.717, 1.165) is 25.8 Å². The molecule has 2 N–H and O–H groups in total. The number of nitrogens with zero attached hydrogens (tertiary/aromatic N) is 1. The Kier molecular flexibility index (Phi) is 5.58. The van der Waals surface area contributed by atoms with E-state index in [1.54, 1.807) is 0 Å². The average Bonchev–Trinajstić information content (AvgIpc) is 2.64. The molecule has 0 amide bonds. The van der Waals surface area contributed by atoms with Crippen LogP contribution in [0.2, 0.25) is 0 Å². The van der Waals surface area contributed by atoms with Crippen LogP contribution in [0.25, 0.3) is 0 Å². The highest BCUT2D eigenvalue weighted by molar-refractivity contribution is 4.92. The number of nitriles is 1. The lowest BCUT2D eigenvalue weighted by Gasteiger charge is -2.26. The van der Waals surface area contributed by atoms with Crippen LogP contribution in [0, 0.1) is 16.7 Å². The molecule has 0 aromatic carbocycles. The van der Waals surface area contributed by atoms with Crippen LogP contribution in [0.15, 0.2) is 0 Å². The number of rotatable bonds is 7. The van der Waals surface area contributed by atoms with Crippen LogP contribution in [0.4, 0.5) is 0 Å². The van der Waals surface area contributed by atoms with E-state index in [9.17, 15) is 5.11 Å². The molecule has 104 valence electrons. The molecule has 0 aromatic rings. The number of aliphatic hydroxyl groups is 1. The van der Waals surface area contributed by atoms with E-state index in [4.69, 9.17) is 10.00 Å². The fourth-order valence-corrected chi connectivity index (χ4v) is 2.18. The van der Waals surface area contributed by atoms with Gasteiger partial charge in [0.2, 0.25) is 0 Å². The summed E-state index contributed by atoms with van der Waals surface area (Å²) in [7, 11) is 0. The maximum absolute atomic E-state index is 10.3. The molecule has 0 saturated carbocycles. The maximum Gasteiger partial charge on any atom is 0.105 e.